The van der Waals surface area contributed by atoms with E-state index in [0.717, 1.165) is 20.9 Å². The van der Waals surface area contributed by atoms with Gasteiger partial charge in [0.25, 0.3) is 5.56 Å². The first kappa shape index (κ1) is 13.2. The standard InChI is InChI=1S/C8H10N4O4S/c1-11-5(13)4(9-10-7(15)17-3)6(14)12(2)8(11)16/h13H,1-3H3. The molecule has 1 aromatic heterocycles. The molecular weight excluding hydrogens is 248 g/mol. The van der Waals surface area contributed by atoms with E-state index in [9.17, 15) is 19.5 Å². The smallest absolute Gasteiger partial charge is 0.333 e. The number of rotatable bonds is 1. The molecular formula is C8H10N4O4S. The quantitative estimate of drug-likeness (QED) is 0.732. The van der Waals surface area contributed by atoms with Crippen molar-refractivity contribution in [3.8, 4) is 5.88 Å². The Hall–Kier alpha value is -1.90. The van der Waals surface area contributed by atoms with Crippen molar-refractivity contribution in [2.45, 2.75) is 0 Å². The van der Waals surface area contributed by atoms with E-state index in [1.54, 1.807) is 0 Å². The van der Waals surface area contributed by atoms with Gasteiger partial charge in [-0.1, -0.05) is 16.9 Å². The van der Waals surface area contributed by atoms with Crippen LogP contribution in [-0.4, -0.2) is 25.7 Å². The zero-order valence-corrected chi connectivity index (χ0v) is 10.2. The van der Waals surface area contributed by atoms with Crippen molar-refractivity contribution in [1.29, 1.82) is 0 Å². The van der Waals surface area contributed by atoms with Crippen LogP contribution in [-0.2, 0) is 14.1 Å². The van der Waals surface area contributed by atoms with Crippen LogP contribution in [0, 0.1) is 0 Å². The molecule has 0 aliphatic heterocycles. The minimum atomic E-state index is -0.816. The number of amides is 1. The Labute approximate surface area is 99.6 Å². The van der Waals surface area contributed by atoms with Crippen molar-refractivity contribution in [2.75, 3.05) is 6.26 Å². The van der Waals surface area contributed by atoms with E-state index in [1.807, 2.05) is 0 Å². The van der Waals surface area contributed by atoms with E-state index in [2.05, 4.69) is 10.2 Å². The Morgan fingerprint density at radius 2 is 1.88 bits per heavy atom. The van der Waals surface area contributed by atoms with Crippen molar-refractivity contribution in [2.24, 2.45) is 24.3 Å². The minimum absolute atomic E-state index is 0.447. The lowest BCUT2D eigenvalue weighted by Gasteiger charge is -2.05. The molecule has 0 atom stereocenters. The number of aromatic nitrogens is 2. The van der Waals surface area contributed by atoms with Gasteiger partial charge in [0.2, 0.25) is 11.6 Å². The highest BCUT2D eigenvalue weighted by atomic mass is 32.2. The van der Waals surface area contributed by atoms with Crippen molar-refractivity contribution in [1.82, 2.24) is 9.13 Å². The SMILES string of the molecule is CSC(=O)N=Nc1c(O)n(C)c(=O)n(C)c1=O. The fraction of sp³-hybridized carbons (Fsp3) is 0.375. The molecule has 17 heavy (non-hydrogen) atoms. The zero-order valence-electron chi connectivity index (χ0n) is 9.37. The van der Waals surface area contributed by atoms with Crippen molar-refractivity contribution < 1.29 is 9.90 Å². The van der Waals surface area contributed by atoms with Crippen LogP contribution in [0.4, 0.5) is 10.5 Å². The number of hydrogen-bond donors (Lipinski definition) is 1. The van der Waals surface area contributed by atoms with E-state index in [-0.39, 0.29) is 0 Å². The number of hydrogen-bond acceptors (Lipinski definition) is 6. The molecule has 1 aromatic rings. The first-order valence-corrected chi connectivity index (χ1v) is 5.61. The third kappa shape index (κ3) is 2.44. The van der Waals surface area contributed by atoms with Crippen LogP contribution in [0.5, 0.6) is 5.88 Å². The van der Waals surface area contributed by atoms with E-state index in [0.29, 0.717) is 0 Å². The normalized spacial score (nSPS) is 11.0. The Morgan fingerprint density at radius 3 is 2.41 bits per heavy atom. The van der Waals surface area contributed by atoms with Gasteiger partial charge in [-0.05, 0) is 6.26 Å². The zero-order chi connectivity index (χ0) is 13.2. The van der Waals surface area contributed by atoms with Gasteiger partial charge in [-0.3, -0.25) is 18.7 Å². The van der Waals surface area contributed by atoms with Crippen LogP contribution in [0.1, 0.15) is 0 Å². The Morgan fingerprint density at radius 1 is 1.29 bits per heavy atom. The molecule has 0 aromatic carbocycles. The molecule has 0 unspecified atom stereocenters. The van der Waals surface area contributed by atoms with Gasteiger partial charge in [0.15, 0.2) is 0 Å². The Bertz CT molecular complexity index is 601. The molecule has 0 radical (unpaired) electrons. The van der Waals surface area contributed by atoms with Gasteiger partial charge in [0, 0.05) is 14.1 Å². The van der Waals surface area contributed by atoms with Gasteiger partial charge in [0.05, 0.1) is 0 Å². The minimum Gasteiger partial charge on any atom is -0.493 e. The average Bonchev–Trinajstić information content (AvgIpc) is 2.33. The monoisotopic (exact) mass is 258 g/mol. The molecule has 0 aliphatic carbocycles. The molecule has 0 bridgehead atoms. The largest absolute Gasteiger partial charge is 0.493 e. The summed E-state index contributed by atoms with van der Waals surface area (Å²) in [6.45, 7) is 0. The predicted octanol–water partition coefficient (Wildman–Crippen LogP) is 0.356. The lowest BCUT2D eigenvalue weighted by molar-refractivity contribution is 0.266. The van der Waals surface area contributed by atoms with Gasteiger partial charge in [0.1, 0.15) is 0 Å². The third-order valence-corrected chi connectivity index (χ3v) is 2.45. The number of thioether (sulfide) groups is 1. The maximum atomic E-state index is 11.6. The van der Waals surface area contributed by atoms with Crippen molar-refractivity contribution >= 4 is 22.7 Å². The van der Waals surface area contributed by atoms with E-state index in [1.165, 1.54) is 20.4 Å². The maximum absolute atomic E-state index is 11.6. The van der Waals surface area contributed by atoms with Gasteiger partial charge in [-0.15, -0.1) is 5.11 Å². The van der Waals surface area contributed by atoms with Gasteiger partial charge >= 0.3 is 10.9 Å². The first-order chi connectivity index (χ1) is 7.90. The fourth-order valence-electron chi connectivity index (χ4n) is 1.03. The topological polar surface area (TPSA) is 106 Å². The van der Waals surface area contributed by atoms with E-state index >= 15 is 0 Å². The number of azo groups is 1. The number of nitrogens with zero attached hydrogens (tertiary/aromatic N) is 4. The summed E-state index contributed by atoms with van der Waals surface area (Å²) in [5.41, 5.74) is -1.96. The van der Waals surface area contributed by atoms with Gasteiger partial charge in [-0.2, -0.15) is 0 Å². The molecule has 0 saturated heterocycles. The number of aromatic hydroxyl groups is 1. The summed E-state index contributed by atoms with van der Waals surface area (Å²) in [5, 5.41) is 15.5. The molecule has 1 rings (SSSR count). The maximum Gasteiger partial charge on any atom is 0.333 e. The number of carbonyl (C=O) groups is 1. The fourth-order valence-corrected chi connectivity index (χ4v) is 1.16. The molecule has 1 N–H and O–H groups in total. The highest BCUT2D eigenvalue weighted by molar-refractivity contribution is 8.13. The lowest BCUT2D eigenvalue weighted by atomic mass is 10.5. The Balaban J connectivity index is 3.46. The average molecular weight is 258 g/mol. The van der Waals surface area contributed by atoms with Gasteiger partial charge in [-0.25, -0.2) is 4.79 Å². The summed E-state index contributed by atoms with van der Waals surface area (Å²) in [7, 11) is 2.51. The molecule has 0 spiro atoms. The highest BCUT2D eigenvalue weighted by Crippen LogP contribution is 2.19. The summed E-state index contributed by atoms with van der Waals surface area (Å²) in [5.74, 6) is -0.629. The summed E-state index contributed by atoms with van der Waals surface area (Å²) >= 11 is 0.809. The number of carbonyl (C=O) groups excluding carboxylic acids is 1. The second kappa shape index (κ2) is 4.95. The van der Waals surface area contributed by atoms with Crippen molar-refractivity contribution in [3.05, 3.63) is 20.8 Å². The molecule has 9 heteroatoms. The molecule has 0 aliphatic rings. The third-order valence-electron chi connectivity index (χ3n) is 2.02. The molecule has 8 nitrogen and oxygen atoms in total. The predicted molar refractivity (Wildman–Crippen MR) is 62.0 cm³/mol. The van der Waals surface area contributed by atoms with Crippen molar-refractivity contribution in [3.63, 3.8) is 0 Å². The van der Waals surface area contributed by atoms with Crippen LogP contribution in [0.25, 0.3) is 0 Å². The summed E-state index contributed by atoms with van der Waals surface area (Å²) in [6.07, 6.45) is 1.50. The second-order valence-electron chi connectivity index (χ2n) is 3.05. The van der Waals surface area contributed by atoms with Gasteiger partial charge < -0.3 is 5.11 Å². The van der Waals surface area contributed by atoms with Crippen LogP contribution in [0.3, 0.4) is 0 Å². The summed E-state index contributed by atoms with van der Waals surface area (Å²) in [6, 6.07) is 0. The Kier molecular flexibility index (Phi) is 3.84. The van der Waals surface area contributed by atoms with Crippen LogP contribution in [0.2, 0.25) is 0 Å². The molecule has 0 fully saturated rings. The lowest BCUT2D eigenvalue weighted by Crippen LogP contribution is -2.36. The molecule has 92 valence electrons. The molecule has 0 saturated carbocycles. The van der Waals surface area contributed by atoms with Crippen LogP contribution in [0.15, 0.2) is 19.8 Å². The highest BCUT2D eigenvalue weighted by Gasteiger charge is 2.14. The first-order valence-electron chi connectivity index (χ1n) is 4.38. The molecule has 1 amide bonds. The van der Waals surface area contributed by atoms with E-state index < -0.39 is 28.1 Å². The summed E-state index contributed by atoms with van der Waals surface area (Å²) < 4.78 is 1.59. The van der Waals surface area contributed by atoms with E-state index in [4.69, 9.17) is 0 Å². The van der Waals surface area contributed by atoms with Crippen LogP contribution < -0.4 is 11.2 Å². The summed E-state index contributed by atoms with van der Waals surface area (Å²) in [4.78, 5) is 33.8. The van der Waals surface area contributed by atoms with Crippen LogP contribution >= 0.6 is 11.8 Å². The second-order valence-corrected chi connectivity index (χ2v) is 3.81. The molecule has 1 heterocycles.